The van der Waals surface area contributed by atoms with Crippen molar-refractivity contribution in [1.29, 1.82) is 5.26 Å². The molecule has 0 fully saturated rings. The van der Waals surface area contributed by atoms with Gasteiger partial charge < -0.3 is 15.2 Å². The standard InChI is InChI=1S/C17H17N5O/c1-3-7-22(8-4-2)17(23)13(10-18)11-19-14-5-6-15-16(9-14)21-12-20-15/h3-6,9,11-12,19H,1-2,7-8H2,(H,20,21)/b13-11-. The molecule has 6 heteroatoms. The molecule has 0 aliphatic heterocycles. The van der Waals surface area contributed by atoms with Gasteiger partial charge in [-0.1, -0.05) is 12.2 Å². The number of hydrogen-bond donors (Lipinski definition) is 2. The number of hydrogen-bond acceptors (Lipinski definition) is 4. The first-order chi connectivity index (χ1) is 11.2. The highest BCUT2D eigenvalue weighted by Crippen LogP contribution is 2.16. The van der Waals surface area contributed by atoms with E-state index in [0.717, 1.165) is 16.7 Å². The van der Waals surface area contributed by atoms with Gasteiger partial charge in [-0.25, -0.2) is 4.98 Å². The summed E-state index contributed by atoms with van der Waals surface area (Å²) in [5, 5.41) is 12.2. The number of benzene rings is 1. The van der Waals surface area contributed by atoms with Gasteiger partial charge in [-0.15, -0.1) is 13.2 Å². The predicted molar refractivity (Wildman–Crippen MR) is 90.4 cm³/mol. The fraction of sp³-hybridized carbons (Fsp3) is 0.118. The van der Waals surface area contributed by atoms with Crippen molar-refractivity contribution in [1.82, 2.24) is 14.9 Å². The van der Waals surface area contributed by atoms with Crippen molar-refractivity contribution in [2.45, 2.75) is 0 Å². The summed E-state index contributed by atoms with van der Waals surface area (Å²) in [6, 6.07) is 7.44. The van der Waals surface area contributed by atoms with Crippen LogP contribution >= 0.6 is 0 Å². The molecule has 1 heterocycles. The highest BCUT2D eigenvalue weighted by atomic mass is 16.2. The fourth-order valence-corrected chi connectivity index (χ4v) is 2.05. The Morgan fingerprint density at radius 1 is 1.39 bits per heavy atom. The summed E-state index contributed by atoms with van der Waals surface area (Å²) >= 11 is 0. The van der Waals surface area contributed by atoms with Crippen LogP contribution in [0.3, 0.4) is 0 Å². The van der Waals surface area contributed by atoms with Crippen LogP contribution in [-0.2, 0) is 4.79 Å². The number of aromatic nitrogens is 2. The number of nitrogens with one attached hydrogen (secondary N) is 2. The molecule has 0 aliphatic carbocycles. The van der Waals surface area contributed by atoms with Crippen LogP contribution in [0.5, 0.6) is 0 Å². The van der Waals surface area contributed by atoms with Gasteiger partial charge in [0.1, 0.15) is 11.6 Å². The largest absolute Gasteiger partial charge is 0.360 e. The minimum Gasteiger partial charge on any atom is -0.360 e. The number of H-pyrrole nitrogens is 1. The fourth-order valence-electron chi connectivity index (χ4n) is 2.05. The Balaban J connectivity index is 2.16. The lowest BCUT2D eigenvalue weighted by molar-refractivity contribution is -0.125. The smallest absolute Gasteiger partial charge is 0.266 e. The van der Waals surface area contributed by atoms with E-state index in [9.17, 15) is 10.1 Å². The van der Waals surface area contributed by atoms with Crippen molar-refractivity contribution in [2.24, 2.45) is 0 Å². The zero-order valence-electron chi connectivity index (χ0n) is 12.6. The van der Waals surface area contributed by atoms with Crippen molar-refractivity contribution in [3.63, 3.8) is 0 Å². The van der Waals surface area contributed by atoms with E-state index in [1.807, 2.05) is 24.3 Å². The van der Waals surface area contributed by atoms with Crippen LogP contribution in [0.15, 0.2) is 61.6 Å². The number of aromatic amines is 1. The Hall–Kier alpha value is -3.33. The van der Waals surface area contributed by atoms with E-state index in [4.69, 9.17) is 0 Å². The lowest BCUT2D eigenvalue weighted by atomic mass is 10.2. The van der Waals surface area contributed by atoms with Crippen LogP contribution in [0.4, 0.5) is 5.69 Å². The van der Waals surface area contributed by atoms with Crippen LogP contribution in [-0.4, -0.2) is 33.9 Å². The molecule has 0 saturated heterocycles. The highest BCUT2D eigenvalue weighted by molar-refractivity contribution is 5.97. The molecule has 23 heavy (non-hydrogen) atoms. The Morgan fingerprint density at radius 2 is 2.13 bits per heavy atom. The van der Waals surface area contributed by atoms with Gasteiger partial charge in [0.05, 0.1) is 17.4 Å². The molecule has 0 unspecified atom stereocenters. The number of rotatable bonds is 7. The number of nitrogens with zero attached hydrogens (tertiary/aromatic N) is 3. The van der Waals surface area contributed by atoms with Gasteiger partial charge in [-0.05, 0) is 18.2 Å². The second kappa shape index (κ2) is 7.61. The summed E-state index contributed by atoms with van der Waals surface area (Å²) in [6.07, 6.45) is 6.22. The molecule has 2 rings (SSSR count). The maximum Gasteiger partial charge on any atom is 0.266 e. The molecule has 0 atom stereocenters. The zero-order valence-corrected chi connectivity index (χ0v) is 12.6. The quantitative estimate of drug-likeness (QED) is 0.468. The van der Waals surface area contributed by atoms with Crippen LogP contribution in [0.1, 0.15) is 0 Å². The monoisotopic (exact) mass is 307 g/mol. The van der Waals surface area contributed by atoms with E-state index < -0.39 is 0 Å². The number of nitriles is 1. The molecule has 0 saturated carbocycles. The molecule has 116 valence electrons. The third-order valence-corrected chi connectivity index (χ3v) is 3.14. The highest BCUT2D eigenvalue weighted by Gasteiger charge is 2.16. The third-order valence-electron chi connectivity index (χ3n) is 3.14. The Kier molecular flexibility index (Phi) is 5.31. The van der Waals surface area contributed by atoms with Crippen molar-refractivity contribution in [2.75, 3.05) is 18.4 Å². The topological polar surface area (TPSA) is 84.8 Å². The van der Waals surface area contributed by atoms with Crippen LogP contribution in [0, 0.1) is 11.3 Å². The first-order valence-electron chi connectivity index (χ1n) is 7.00. The number of amides is 1. The predicted octanol–water partition coefficient (Wildman–Crippen LogP) is 2.58. The minimum absolute atomic E-state index is 0.0124. The molecule has 1 amide bonds. The van der Waals surface area contributed by atoms with Crippen molar-refractivity contribution in [3.8, 4) is 6.07 Å². The number of imidazole rings is 1. The van der Waals surface area contributed by atoms with Gasteiger partial charge in [0.25, 0.3) is 5.91 Å². The van der Waals surface area contributed by atoms with Crippen LogP contribution in [0.25, 0.3) is 11.0 Å². The summed E-state index contributed by atoms with van der Waals surface area (Å²) in [5.41, 5.74) is 2.48. The molecule has 1 aromatic carbocycles. The minimum atomic E-state index is -0.373. The third kappa shape index (κ3) is 3.86. The van der Waals surface area contributed by atoms with E-state index in [-0.39, 0.29) is 11.5 Å². The Labute approximate surface area is 134 Å². The zero-order chi connectivity index (χ0) is 16.7. The van der Waals surface area contributed by atoms with Gasteiger partial charge in [0.15, 0.2) is 0 Å². The van der Waals surface area contributed by atoms with Gasteiger partial charge in [0.2, 0.25) is 0 Å². The van der Waals surface area contributed by atoms with Crippen LogP contribution < -0.4 is 5.32 Å². The summed E-state index contributed by atoms with van der Waals surface area (Å²) in [7, 11) is 0. The van der Waals surface area contributed by atoms with E-state index in [1.165, 1.54) is 11.1 Å². The number of anilines is 1. The molecule has 0 bridgehead atoms. The van der Waals surface area contributed by atoms with Gasteiger partial charge in [0, 0.05) is 25.0 Å². The lowest BCUT2D eigenvalue weighted by Gasteiger charge is -2.18. The SMILES string of the molecule is C=CCN(CC=C)C(=O)/C(C#N)=C\Nc1ccc2nc[nH]c2c1. The number of carbonyl (C=O) groups is 1. The van der Waals surface area contributed by atoms with Gasteiger partial charge in [-0.2, -0.15) is 5.26 Å². The molecule has 2 N–H and O–H groups in total. The summed E-state index contributed by atoms with van der Waals surface area (Å²) in [4.78, 5) is 20.9. The van der Waals surface area contributed by atoms with E-state index in [0.29, 0.717) is 13.1 Å². The van der Waals surface area contributed by atoms with Crippen molar-refractivity contribution < 1.29 is 4.79 Å². The van der Waals surface area contributed by atoms with Crippen molar-refractivity contribution >= 4 is 22.6 Å². The molecular weight excluding hydrogens is 290 g/mol. The average molecular weight is 307 g/mol. The maximum absolute atomic E-state index is 12.3. The molecule has 0 radical (unpaired) electrons. The molecule has 0 spiro atoms. The molecule has 0 aliphatic rings. The van der Waals surface area contributed by atoms with Crippen LogP contribution in [0.2, 0.25) is 0 Å². The van der Waals surface area contributed by atoms with Gasteiger partial charge in [-0.3, -0.25) is 4.79 Å². The first-order valence-corrected chi connectivity index (χ1v) is 7.00. The number of carbonyl (C=O) groups excluding carboxylic acids is 1. The molecule has 6 nitrogen and oxygen atoms in total. The molecule has 2 aromatic rings. The van der Waals surface area contributed by atoms with Gasteiger partial charge >= 0.3 is 0 Å². The van der Waals surface area contributed by atoms with E-state index in [1.54, 1.807) is 18.5 Å². The normalized spacial score (nSPS) is 10.8. The van der Waals surface area contributed by atoms with E-state index >= 15 is 0 Å². The second-order valence-electron chi connectivity index (χ2n) is 4.74. The first kappa shape index (κ1) is 16.0. The summed E-state index contributed by atoms with van der Waals surface area (Å²) < 4.78 is 0. The van der Waals surface area contributed by atoms with Crippen molar-refractivity contribution in [3.05, 3.63) is 61.6 Å². The lowest BCUT2D eigenvalue weighted by Crippen LogP contribution is -2.32. The Morgan fingerprint density at radius 3 is 2.78 bits per heavy atom. The second-order valence-corrected chi connectivity index (χ2v) is 4.74. The number of fused-ring (bicyclic) bond motifs is 1. The average Bonchev–Trinajstić information content (AvgIpc) is 3.02. The van der Waals surface area contributed by atoms with E-state index in [2.05, 4.69) is 28.4 Å². The Bertz CT molecular complexity index is 787. The maximum atomic E-state index is 12.3. The molecule has 1 aromatic heterocycles. The summed E-state index contributed by atoms with van der Waals surface area (Å²) in [5.74, 6) is -0.373. The summed E-state index contributed by atoms with van der Waals surface area (Å²) in [6.45, 7) is 7.93. The molecular formula is C17H17N5O.